The zero-order chi connectivity index (χ0) is 11.5. The molecule has 2 rings (SSSR count). The molecule has 0 saturated heterocycles. The van der Waals surface area contributed by atoms with Crippen LogP contribution in [0.25, 0.3) is 11.1 Å². The fraction of sp³-hybridized carbons (Fsp3) is 0. The van der Waals surface area contributed by atoms with E-state index in [0.29, 0.717) is 11.1 Å². The lowest BCUT2D eigenvalue weighted by Gasteiger charge is -2.03. The third-order valence-electron chi connectivity index (χ3n) is 2.13. The van der Waals surface area contributed by atoms with Gasteiger partial charge in [0.1, 0.15) is 5.75 Å². The fourth-order valence-corrected chi connectivity index (χ4v) is 1.40. The lowest BCUT2D eigenvalue weighted by molar-refractivity contribution is 0.467. The number of halogens is 1. The third-order valence-corrected chi connectivity index (χ3v) is 2.13. The Morgan fingerprint density at radius 1 is 1.31 bits per heavy atom. The molecule has 0 unspecified atom stereocenters. The van der Waals surface area contributed by atoms with Crippen LogP contribution in [0.4, 0.5) is 4.39 Å². The molecule has 1 N–H and O–H groups in total. The molecule has 0 spiro atoms. The summed E-state index contributed by atoms with van der Waals surface area (Å²) in [6, 6.07) is 9.71. The minimum atomic E-state index is -0.673. The van der Waals surface area contributed by atoms with Crippen LogP contribution < -0.4 is 0 Å². The van der Waals surface area contributed by atoms with Crippen molar-refractivity contribution in [3.05, 3.63) is 48.0 Å². The Kier molecular flexibility index (Phi) is 2.52. The first-order valence-corrected chi connectivity index (χ1v) is 4.56. The second-order valence-electron chi connectivity index (χ2n) is 3.22. The van der Waals surface area contributed by atoms with Crippen LogP contribution in [-0.4, -0.2) is 10.1 Å². The summed E-state index contributed by atoms with van der Waals surface area (Å²) in [7, 11) is 0. The number of aromatic nitrogens is 1. The summed E-state index contributed by atoms with van der Waals surface area (Å²) in [5.74, 6) is -0.786. The summed E-state index contributed by atoms with van der Waals surface area (Å²) < 4.78 is 13.4. The number of nitriles is 1. The van der Waals surface area contributed by atoms with Crippen molar-refractivity contribution < 1.29 is 9.50 Å². The van der Waals surface area contributed by atoms with Crippen molar-refractivity contribution in [1.29, 1.82) is 5.26 Å². The van der Waals surface area contributed by atoms with E-state index in [-0.39, 0.29) is 11.3 Å². The molecule has 2 aromatic rings. The van der Waals surface area contributed by atoms with Gasteiger partial charge in [0.05, 0.1) is 17.8 Å². The molecule has 0 atom stereocenters. The highest BCUT2D eigenvalue weighted by molar-refractivity contribution is 5.66. The van der Waals surface area contributed by atoms with Crippen LogP contribution in [0.15, 0.2) is 36.5 Å². The van der Waals surface area contributed by atoms with E-state index in [1.165, 1.54) is 6.07 Å². The first kappa shape index (κ1) is 10.1. The molecule has 0 radical (unpaired) electrons. The van der Waals surface area contributed by atoms with Crippen molar-refractivity contribution in [3.63, 3.8) is 0 Å². The Balaban J connectivity index is 2.58. The Labute approximate surface area is 91.4 Å². The molecule has 0 saturated carbocycles. The average molecular weight is 214 g/mol. The monoisotopic (exact) mass is 214 g/mol. The summed E-state index contributed by atoms with van der Waals surface area (Å²) in [6.45, 7) is 0. The number of hydrogen-bond donors (Lipinski definition) is 1. The molecule has 0 amide bonds. The van der Waals surface area contributed by atoms with Crippen LogP contribution >= 0.6 is 0 Å². The number of hydrogen-bond acceptors (Lipinski definition) is 3. The molecular formula is C12H7FN2O. The highest BCUT2D eigenvalue weighted by Crippen LogP contribution is 2.25. The van der Waals surface area contributed by atoms with Crippen LogP contribution in [0.1, 0.15) is 5.56 Å². The summed E-state index contributed by atoms with van der Waals surface area (Å²) in [4.78, 5) is 3.41. The Morgan fingerprint density at radius 3 is 2.88 bits per heavy atom. The number of benzene rings is 1. The highest BCUT2D eigenvalue weighted by Gasteiger charge is 2.07. The molecule has 0 aliphatic heterocycles. The normalized spacial score (nSPS) is 9.75. The van der Waals surface area contributed by atoms with Gasteiger partial charge < -0.3 is 5.11 Å². The first-order chi connectivity index (χ1) is 7.70. The molecule has 16 heavy (non-hydrogen) atoms. The van der Waals surface area contributed by atoms with E-state index >= 15 is 0 Å². The third kappa shape index (κ3) is 1.84. The Bertz CT molecular complexity index is 575. The van der Waals surface area contributed by atoms with Gasteiger partial charge in [0, 0.05) is 5.56 Å². The quantitative estimate of drug-likeness (QED) is 0.742. The summed E-state index contributed by atoms with van der Waals surface area (Å²) >= 11 is 0. The van der Waals surface area contributed by atoms with Crippen LogP contribution in [-0.2, 0) is 0 Å². The van der Waals surface area contributed by atoms with Crippen molar-refractivity contribution >= 4 is 0 Å². The van der Waals surface area contributed by atoms with E-state index in [9.17, 15) is 9.50 Å². The van der Waals surface area contributed by atoms with E-state index < -0.39 is 5.95 Å². The largest absolute Gasteiger partial charge is 0.506 e. The molecule has 0 aliphatic rings. The lowest BCUT2D eigenvalue weighted by Crippen LogP contribution is -1.88. The van der Waals surface area contributed by atoms with Crippen LogP contribution in [0.3, 0.4) is 0 Å². The van der Waals surface area contributed by atoms with Crippen molar-refractivity contribution in [3.8, 4) is 22.9 Å². The molecule has 1 aromatic carbocycles. The van der Waals surface area contributed by atoms with Gasteiger partial charge >= 0.3 is 0 Å². The molecule has 1 heterocycles. The predicted octanol–water partition coefficient (Wildman–Crippen LogP) is 2.46. The van der Waals surface area contributed by atoms with Crippen LogP contribution in [0.2, 0.25) is 0 Å². The van der Waals surface area contributed by atoms with Crippen LogP contribution in [0.5, 0.6) is 5.75 Å². The maximum absolute atomic E-state index is 13.4. The van der Waals surface area contributed by atoms with Crippen molar-refractivity contribution in [2.45, 2.75) is 0 Å². The SMILES string of the molecule is N#Cc1cccc(-c2cc(O)cnc2F)c1. The number of rotatable bonds is 1. The molecule has 0 fully saturated rings. The molecule has 3 nitrogen and oxygen atoms in total. The Hall–Kier alpha value is -2.41. The van der Waals surface area contributed by atoms with Crippen LogP contribution in [0, 0.1) is 17.3 Å². The van der Waals surface area contributed by atoms with Crippen molar-refractivity contribution in [2.24, 2.45) is 0 Å². The minimum absolute atomic E-state index is 0.112. The highest BCUT2D eigenvalue weighted by atomic mass is 19.1. The van der Waals surface area contributed by atoms with Crippen molar-refractivity contribution in [1.82, 2.24) is 4.98 Å². The fourth-order valence-electron chi connectivity index (χ4n) is 1.40. The first-order valence-electron chi connectivity index (χ1n) is 4.56. The van der Waals surface area contributed by atoms with Gasteiger partial charge in [-0.3, -0.25) is 0 Å². The topological polar surface area (TPSA) is 56.9 Å². The lowest BCUT2D eigenvalue weighted by atomic mass is 10.0. The van der Waals surface area contributed by atoms with Gasteiger partial charge in [-0.1, -0.05) is 12.1 Å². The van der Waals surface area contributed by atoms with Gasteiger partial charge in [0.15, 0.2) is 0 Å². The molecule has 0 bridgehead atoms. The molecule has 4 heteroatoms. The number of pyridine rings is 1. The maximum Gasteiger partial charge on any atom is 0.220 e. The molecular weight excluding hydrogens is 207 g/mol. The molecule has 78 valence electrons. The zero-order valence-electron chi connectivity index (χ0n) is 8.18. The Morgan fingerprint density at radius 2 is 2.12 bits per heavy atom. The average Bonchev–Trinajstić information content (AvgIpc) is 2.32. The summed E-state index contributed by atoms with van der Waals surface area (Å²) in [6.07, 6.45) is 1.03. The predicted molar refractivity (Wildman–Crippen MR) is 56.0 cm³/mol. The molecule has 0 aliphatic carbocycles. The summed E-state index contributed by atoms with van der Waals surface area (Å²) in [5, 5.41) is 18.0. The summed E-state index contributed by atoms with van der Waals surface area (Å²) in [5.41, 5.74) is 1.12. The molecule has 1 aromatic heterocycles. The standard InChI is InChI=1S/C12H7FN2O/c13-12-11(5-10(16)7-15-12)9-3-1-2-8(4-9)6-14/h1-5,7,16H. The maximum atomic E-state index is 13.4. The zero-order valence-corrected chi connectivity index (χ0v) is 8.18. The van der Waals surface area contributed by atoms with Gasteiger partial charge in [-0.15, -0.1) is 0 Å². The number of aromatic hydroxyl groups is 1. The van der Waals surface area contributed by atoms with E-state index in [1.807, 2.05) is 6.07 Å². The van der Waals surface area contributed by atoms with Gasteiger partial charge in [-0.2, -0.15) is 9.65 Å². The van der Waals surface area contributed by atoms with Gasteiger partial charge in [0.25, 0.3) is 0 Å². The van der Waals surface area contributed by atoms with Gasteiger partial charge in [0.2, 0.25) is 5.95 Å². The van der Waals surface area contributed by atoms with E-state index in [0.717, 1.165) is 6.20 Å². The van der Waals surface area contributed by atoms with E-state index in [1.54, 1.807) is 24.3 Å². The van der Waals surface area contributed by atoms with E-state index in [2.05, 4.69) is 4.98 Å². The second kappa shape index (κ2) is 3.99. The minimum Gasteiger partial charge on any atom is -0.506 e. The van der Waals surface area contributed by atoms with Gasteiger partial charge in [-0.05, 0) is 23.8 Å². The second-order valence-corrected chi connectivity index (χ2v) is 3.22. The smallest absolute Gasteiger partial charge is 0.220 e. The van der Waals surface area contributed by atoms with Crippen molar-refractivity contribution in [2.75, 3.05) is 0 Å². The number of nitrogens with zero attached hydrogens (tertiary/aromatic N) is 2. The van der Waals surface area contributed by atoms with E-state index in [4.69, 9.17) is 5.26 Å². The van der Waals surface area contributed by atoms with Gasteiger partial charge in [-0.25, -0.2) is 4.98 Å².